The molecule has 1 saturated heterocycles. The van der Waals surface area contributed by atoms with Crippen molar-refractivity contribution in [3.05, 3.63) is 53.8 Å². The van der Waals surface area contributed by atoms with Crippen molar-refractivity contribution in [3.63, 3.8) is 0 Å². The van der Waals surface area contributed by atoms with Crippen LogP contribution in [0.4, 0.5) is 26.2 Å². The van der Waals surface area contributed by atoms with Crippen LogP contribution in [0.2, 0.25) is 0 Å². The van der Waals surface area contributed by atoms with E-state index in [1.807, 2.05) is 4.90 Å². The Morgan fingerprint density at radius 3 is 2.23 bits per heavy atom. The number of carbonyl (C=O) groups is 2. The Bertz CT molecular complexity index is 904. The van der Waals surface area contributed by atoms with E-state index in [1.165, 1.54) is 6.07 Å². The molecule has 0 atom stereocenters. The molecule has 0 aliphatic carbocycles. The molecule has 0 radical (unpaired) electrons. The first kappa shape index (κ1) is 21.6. The molecule has 0 aromatic heterocycles. The number of hydrogen-bond donors (Lipinski definition) is 2. The van der Waals surface area contributed by atoms with Crippen LogP contribution >= 0.6 is 0 Å². The summed E-state index contributed by atoms with van der Waals surface area (Å²) in [5, 5.41) is 5.29. The van der Waals surface area contributed by atoms with Crippen LogP contribution in [0.1, 0.15) is 31.1 Å². The van der Waals surface area contributed by atoms with Gasteiger partial charge in [0.25, 0.3) is 5.91 Å². The van der Waals surface area contributed by atoms with Gasteiger partial charge in [-0.2, -0.15) is 0 Å². The van der Waals surface area contributed by atoms with E-state index in [9.17, 15) is 14.0 Å². The lowest BCUT2D eigenvalue weighted by Gasteiger charge is -2.29. The van der Waals surface area contributed by atoms with Crippen molar-refractivity contribution in [2.75, 3.05) is 41.8 Å². The van der Waals surface area contributed by atoms with E-state index in [0.29, 0.717) is 48.9 Å². The predicted octanol–water partition coefficient (Wildman–Crippen LogP) is 4.26. The second-order valence-electron chi connectivity index (χ2n) is 7.92. The van der Waals surface area contributed by atoms with Gasteiger partial charge in [0.05, 0.1) is 18.9 Å². The summed E-state index contributed by atoms with van der Waals surface area (Å²) < 4.78 is 25.0. The number of nitrogens with one attached hydrogen (secondary N) is 2. The molecule has 1 heterocycles. The summed E-state index contributed by atoms with van der Waals surface area (Å²) in [6.07, 6.45) is -0.574. The average molecular weight is 415 g/mol. The minimum Gasteiger partial charge on any atom is -0.444 e. The molecule has 8 heteroatoms. The van der Waals surface area contributed by atoms with Gasteiger partial charge < -0.3 is 19.7 Å². The molecule has 0 spiro atoms. The van der Waals surface area contributed by atoms with Gasteiger partial charge >= 0.3 is 6.09 Å². The van der Waals surface area contributed by atoms with Crippen molar-refractivity contribution in [2.45, 2.75) is 26.4 Å². The zero-order chi connectivity index (χ0) is 21.7. The third-order valence-electron chi connectivity index (χ3n) is 4.35. The Kier molecular flexibility index (Phi) is 6.56. The van der Waals surface area contributed by atoms with Crippen LogP contribution in [0.3, 0.4) is 0 Å². The molecule has 1 aliphatic rings. The van der Waals surface area contributed by atoms with Gasteiger partial charge in [0.1, 0.15) is 11.4 Å². The maximum absolute atomic E-state index is 14.5. The van der Waals surface area contributed by atoms with Gasteiger partial charge in [0.15, 0.2) is 0 Å². The highest BCUT2D eigenvalue weighted by Gasteiger charge is 2.17. The lowest BCUT2D eigenvalue weighted by atomic mass is 10.1. The number of anilines is 3. The molecule has 0 saturated carbocycles. The Hall–Kier alpha value is -3.13. The molecule has 1 fully saturated rings. The van der Waals surface area contributed by atoms with Crippen LogP contribution in [0.25, 0.3) is 0 Å². The van der Waals surface area contributed by atoms with Crippen LogP contribution in [-0.2, 0) is 9.47 Å². The van der Waals surface area contributed by atoms with Crippen molar-refractivity contribution in [2.24, 2.45) is 0 Å². The fourth-order valence-corrected chi connectivity index (χ4v) is 2.98. The summed E-state index contributed by atoms with van der Waals surface area (Å²) in [4.78, 5) is 26.2. The van der Waals surface area contributed by atoms with E-state index >= 15 is 0 Å². The molecule has 2 aromatic rings. The van der Waals surface area contributed by atoms with Crippen LogP contribution < -0.4 is 15.5 Å². The van der Waals surface area contributed by atoms with Crippen molar-refractivity contribution >= 4 is 29.1 Å². The van der Waals surface area contributed by atoms with Crippen LogP contribution in [-0.4, -0.2) is 43.9 Å². The molecule has 0 unspecified atom stereocenters. The summed E-state index contributed by atoms with van der Waals surface area (Å²) in [5.41, 5.74) is 1.14. The summed E-state index contributed by atoms with van der Waals surface area (Å²) >= 11 is 0. The Morgan fingerprint density at radius 1 is 1.00 bits per heavy atom. The number of benzene rings is 2. The molecule has 2 N–H and O–H groups in total. The fourth-order valence-electron chi connectivity index (χ4n) is 2.98. The molecule has 3 rings (SSSR count). The Labute approximate surface area is 175 Å². The van der Waals surface area contributed by atoms with Gasteiger partial charge in [0.2, 0.25) is 0 Å². The molecular weight excluding hydrogens is 389 g/mol. The SMILES string of the molecule is CC(C)(C)OC(=O)Nc1ccc(C(=O)Nc2ccc(N3CCOCC3)c(F)c2)cc1. The molecule has 0 bridgehead atoms. The predicted molar refractivity (Wildman–Crippen MR) is 114 cm³/mol. The number of amides is 2. The average Bonchev–Trinajstić information content (AvgIpc) is 2.68. The first-order valence-electron chi connectivity index (χ1n) is 9.75. The number of rotatable bonds is 4. The van der Waals surface area contributed by atoms with Crippen LogP contribution in [0, 0.1) is 5.82 Å². The summed E-state index contributed by atoms with van der Waals surface area (Å²) in [6.45, 7) is 7.72. The van der Waals surface area contributed by atoms with Crippen LogP contribution in [0.15, 0.2) is 42.5 Å². The second-order valence-corrected chi connectivity index (χ2v) is 7.92. The van der Waals surface area contributed by atoms with E-state index in [-0.39, 0.29) is 5.91 Å². The minimum atomic E-state index is -0.601. The van der Waals surface area contributed by atoms with E-state index < -0.39 is 17.5 Å². The molecule has 30 heavy (non-hydrogen) atoms. The quantitative estimate of drug-likeness (QED) is 0.780. The number of hydrogen-bond acceptors (Lipinski definition) is 5. The van der Waals surface area contributed by atoms with Gasteiger partial charge in [-0.15, -0.1) is 0 Å². The van der Waals surface area contributed by atoms with Gasteiger partial charge in [0, 0.05) is 30.0 Å². The maximum atomic E-state index is 14.5. The zero-order valence-electron chi connectivity index (χ0n) is 17.3. The molecular formula is C22H26FN3O4. The lowest BCUT2D eigenvalue weighted by molar-refractivity contribution is 0.0635. The zero-order valence-corrected chi connectivity index (χ0v) is 17.3. The second kappa shape index (κ2) is 9.13. The molecule has 2 amide bonds. The summed E-state index contributed by atoms with van der Waals surface area (Å²) in [5.74, 6) is -0.774. The van der Waals surface area contributed by atoms with Crippen molar-refractivity contribution in [1.29, 1.82) is 0 Å². The summed E-state index contributed by atoms with van der Waals surface area (Å²) in [7, 11) is 0. The highest BCUT2D eigenvalue weighted by atomic mass is 19.1. The number of nitrogens with zero attached hydrogens (tertiary/aromatic N) is 1. The van der Waals surface area contributed by atoms with Gasteiger partial charge in [-0.05, 0) is 63.2 Å². The first-order chi connectivity index (χ1) is 14.2. The number of morpholine rings is 1. The van der Waals surface area contributed by atoms with Gasteiger partial charge in [-0.3, -0.25) is 10.1 Å². The molecule has 7 nitrogen and oxygen atoms in total. The van der Waals surface area contributed by atoms with E-state index in [0.717, 1.165) is 0 Å². The third kappa shape index (κ3) is 5.93. The third-order valence-corrected chi connectivity index (χ3v) is 4.35. The van der Waals surface area contributed by atoms with Crippen LogP contribution in [0.5, 0.6) is 0 Å². The number of carbonyl (C=O) groups excluding carboxylic acids is 2. The topological polar surface area (TPSA) is 79.9 Å². The highest BCUT2D eigenvalue weighted by molar-refractivity contribution is 6.04. The molecule has 2 aromatic carbocycles. The molecule has 1 aliphatic heterocycles. The number of ether oxygens (including phenoxy) is 2. The first-order valence-corrected chi connectivity index (χ1v) is 9.75. The molecule has 160 valence electrons. The van der Waals surface area contributed by atoms with E-state index in [4.69, 9.17) is 9.47 Å². The lowest BCUT2D eigenvalue weighted by Crippen LogP contribution is -2.36. The monoisotopic (exact) mass is 415 g/mol. The number of halogens is 1. The van der Waals surface area contributed by atoms with E-state index in [1.54, 1.807) is 57.2 Å². The van der Waals surface area contributed by atoms with Crippen molar-refractivity contribution in [1.82, 2.24) is 0 Å². The highest BCUT2D eigenvalue weighted by Crippen LogP contribution is 2.24. The van der Waals surface area contributed by atoms with E-state index in [2.05, 4.69) is 10.6 Å². The van der Waals surface area contributed by atoms with Gasteiger partial charge in [-0.25, -0.2) is 9.18 Å². The Balaban J connectivity index is 1.60. The maximum Gasteiger partial charge on any atom is 0.412 e. The normalized spacial score (nSPS) is 14.2. The Morgan fingerprint density at radius 2 is 1.63 bits per heavy atom. The standard InChI is InChI=1S/C22H26FN3O4/c1-22(2,3)30-21(28)25-16-6-4-15(5-7-16)20(27)24-17-8-9-19(18(23)14-17)26-10-12-29-13-11-26/h4-9,14H,10-13H2,1-3H3,(H,24,27)(H,25,28). The fraction of sp³-hybridized carbons (Fsp3) is 0.364. The van der Waals surface area contributed by atoms with Crippen molar-refractivity contribution < 1.29 is 23.5 Å². The smallest absolute Gasteiger partial charge is 0.412 e. The summed E-state index contributed by atoms with van der Waals surface area (Å²) in [6, 6.07) is 11.0. The largest absolute Gasteiger partial charge is 0.444 e. The minimum absolute atomic E-state index is 0.366. The van der Waals surface area contributed by atoms with Crippen molar-refractivity contribution in [3.8, 4) is 0 Å². The van der Waals surface area contributed by atoms with Gasteiger partial charge in [-0.1, -0.05) is 0 Å².